The second-order valence-electron chi connectivity index (χ2n) is 7.37. The van der Waals surface area contributed by atoms with Gasteiger partial charge in [0.25, 0.3) is 11.7 Å². The lowest BCUT2D eigenvalue weighted by Crippen LogP contribution is -2.36. The quantitative estimate of drug-likeness (QED) is 0.463. The molecule has 2 aromatic rings. The Hall–Kier alpha value is -3.19. The molecule has 2 unspecified atom stereocenters. The van der Waals surface area contributed by atoms with E-state index in [0.29, 0.717) is 17.9 Å². The number of methoxy groups -OCH3 is 1. The van der Waals surface area contributed by atoms with Crippen molar-refractivity contribution in [2.45, 2.75) is 25.0 Å². The topological polar surface area (TPSA) is 76.1 Å². The lowest BCUT2D eigenvalue weighted by molar-refractivity contribution is -0.140. The van der Waals surface area contributed by atoms with Crippen LogP contribution in [0, 0.1) is 5.82 Å². The van der Waals surface area contributed by atoms with E-state index in [2.05, 4.69) is 0 Å². The Morgan fingerprint density at radius 3 is 2.47 bits per heavy atom. The number of halogens is 1. The van der Waals surface area contributed by atoms with E-state index in [1.165, 1.54) is 29.2 Å². The molecule has 2 atom stereocenters. The second kappa shape index (κ2) is 8.28. The van der Waals surface area contributed by atoms with E-state index in [9.17, 15) is 19.1 Å². The average Bonchev–Trinajstić information content (AvgIpc) is 3.36. The smallest absolute Gasteiger partial charge is 0.295 e. The van der Waals surface area contributed by atoms with Crippen LogP contribution in [0.15, 0.2) is 54.1 Å². The summed E-state index contributed by atoms with van der Waals surface area (Å²) in [6, 6.07) is 11.4. The highest BCUT2D eigenvalue weighted by Gasteiger charge is 2.47. The molecule has 2 aliphatic rings. The number of carbonyl (C=O) groups is 2. The summed E-state index contributed by atoms with van der Waals surface area (Å²) in [7, 11) is 1.55. The molecule has 2 fully saturated rings. The molecule has 1 N–H and O–H groups in total. The van der Waals surface area contributed by atoms with Crippen molar-refractivity contribution in [3.05, 3.63) is 71.0 Å². The minimum Gasteiger partial charge on any atom is -0.507 e. The van der Waals surface area contributed by atoms with Gasteiger partial charge in [-0.2, -0.15) is 0 Å². The number of amides is 1. The summed E-state index contributed by atoms with van der Waals surface area (Å²) in [5, 5.41) is 10.9. The van der Waals surface area contributed by atoms with Gasteiger partial charge in [0.2, 0.25) is 0 Å². The molecule has 0 bridgehead atoms. The van der Waals surface area contributed by atoms with Crippen molar-refractivity contribution in [1.29, 1.82) is 0 Å². The number of aliphatic hydroxyl groups excluding tert-OH is 1. The number of benzene rings is 2. The Morgan fingerprint density at radius 2 is 1.87 bits per heavy atom. The third-order valence-corrected chi connectivity index (χ3v) is 5.51. The molecular weight excluding hydrogens is 389 g/mol. The highest BCUT2D eigenvalue weighted by Crippen LogP contribution is 2.40. The van der Waals surface area contributed by atoms with Gasteiger partial charge in [0.05, 0.1) is 24.8 Å². The molecule has 0 spiro atoms. The van der Waals surface area contributed by atoms with Crippen molar-refractivity contribution >= 4 is 17.4 Å². The maximum atomic E-state index is 13.3. The van der Waals surface area contributed by atoms with E-state index in [1.54, 1.807) is 31.4 Å². The fourth-order valence-corrected chi connectivity index (χ4v) is 3.97. The third kappa shape index (κ3) is 3.68. The number of aliphatic hydroxyl groups is 1. The number of likely N-dealkylation sites (tertiary alicyclic amines) is 1. The van der Waals surface area contributed by atoms with Crippen LogP contribution in [0.3, 0.4) is 0 Å². The Bertz CT molecular complexity index is 978. The molecule has 4 rings (SSSR count). The molecule has 156 valence electrons. The minimum atomic E-state index is -0.773. The van der Waals surface area contributed by atoms with Crippen LogP contribution < -0.4 is 4.74 Å². The van der Waals surface area contributed by atoms with Crippen LogP contribution in [0.1, 0.15) is 30.0 Å². The fraction of sp³-hybridized carbons (Fsp3) is 0.304. The highest BCUT2D eigenvalue weighted by atomic mass is 19.1. The summed E-state index contributed by atoms with van der Waals surface area (Å²) >= 11 is 0. The van der Waals surface area contributed by atoms with Gasteiger partial charge in [-0.1, -0.05) is 12.1 Å². The maximum Gasteiger partial charge on any atom is 0.295 e. The Labute approximate surface area is 173 Å². The molecule has 0 saturated carbocycles. The first-order chi connectivity index (χ1) is 14.5. The standard InChI is InChI=1S/C23H22FNO5/c1-29-17-10-6-14(7-11-17)20-19(21(26)15-4-8-16(24)9-5-15)22(27)23(28)25(20)13-18-3-2-12-30-18/h4-11,18,20,26H,2-3,12-13H2,1H3. The number of rotatable bonds is 5. The van der Waals surface area contributed by atoms with Gasteiger partial charge in [-0.05, 0) is 54.8 Å². The number of hydrogen-bond acceptors (Lipinski definition) is 5. The van der Waals surface area contributed by atoms with Gasteiger partial charge in [0.1, 0.15) is 17.3 Å². The minimum absolute atomic E-state index is 0.0187. The van der Waals surface area contributed by atoms with Crippen molar-refractivity contribution in [3.63, 3.8) is 0 Å². The molecule has 2 saturated heterocycles. The molecule has 7 heteroatoms. The first-order valence-electron chi connectivity index (χ1n) is 9.79. The molecule has 0 aliphatic carbocycles. The molecule has 6 nitrogen and oxygen atoms in total. The number of ketones is 1. The van der Waals surface area contributed by atoms with Crippen molar-refractivity contribution in [2.24, 2.45) is 0 Å². The van der Waals surface area contributed by atoms with Gasteiger partial charge in [-0.15, -0.1) is 0 Å². The lowest BCUT2D eigenvalue weighted by Gasteiger charge is -2.27. The molecule has 0 aromatic heterocycles. The van der Waals surface area contributed by atoms with E-state index in [-0.39, 0.29) is 29.5 Å². The number of hydrogen-bond donors (Lipinski definition) is 1. The summed E-state index contributed by atoms with van der Waals surface area (Å²) in [5.41, 5.74) is 0.913. The van der Waals surface area contributed by atoms with Crippen LogP contribution in [0.25, 0.3) is 5.76 Å². The predicted molar refractivity (Wildman–Crippen MR) is 107 cm³/mol. The van der Waals surface area contributed by atoms with E-state index < -0.39 is 23.5 Å². The monoisotopic (exact) mass is 411 g/mol. The van der Waals surface area contributed by atoms with Crippen molar-refractivity contribution in [1.82, 2.24) is 4.90 Å². The van der Waals surface area contributed by atoms with Crippen molar-refractivity contribution in [3.8, 4) is 5.75 Å². The molecule has 2 aromatic carbocycles. The van der Waals surface area contributed by atoms with Crippen molar-refractivity contribution < 1.29 is 28.6 Å². The Morgan fingerprint density at radius 1 is 1.17 bits per heavy atom. The molecule has 30 heavy (non-hydrogen) atoms. The summed E-state index contributed by atoms with van der Waals surface area (Å²) in [6.07, 6.45) is 1.54. The Kier molecular flexibility index (Phi) is 5.55. The van der Waals surface area contributed by atoms with E-state index in [4.69, 9.17) is 9.47 Å². The first-order valence-corrected chi connectivity index (χ1v) is 9.79. The maximum absolute atomic E-state index is 13.3. The zero-order valence-electron chi connectivity index (χ0n) is 16.5. The van der Waals surface area contributed by atoms with E-state index >= 15 is 0 Å². The van der Waals surface area contributed by atoms with Gasteiger partial charge >= 0.3 is 0 Å². The predicted octanol–water partition coefficient (Wildman–Crippen LogP) is 3.44. The average molecular weight is 411 g/mol. The number of nitrogens with zero attached hydrogens (tertiary/aromatic N) is 1. The van der Waals surface area contributed by atoms with Crippen LogP contribution in [-0.2, 0) is 14.3 Å². The summed E-state index contributed by atoms with van der Waals surface area (Å²) in [4.78, 5) is 27.3. The van der Waals surface area contributed by atoms with Crippen LogP contribution in [-0.4, -0.2) is 48.1 Å². The van der Waals surface area contributed by atoms with Gasteiger partial charge in [0.15, 0.2) is 0 Å². The zero-order chi connectivity index (χ0) is 21.3. The van der Waals surface area contributed by atoms with Gasteiger partial charge in [-0.3, -0.25) is 9.59 Å². The SMILES string of the molecule is COc1ccc(C2C(=C(O)c3ccc(F)cc3)C(=O)C(=O)N2CC2CCCO2)cc1. The molecule has 1 amide bonds. The van der Waals surface area contributed by atoms with Crippen LogP contribution in [0.2, 0.25) is 0 Å². The number of Topliss-reactive ketones (excluding diaryl/α,β-unsaturated/α-hetero) is 1. The molecular formula is C23H22FNO5. The van der Waals surface area contributed by atoms with Crippen molar-refractivity contribution in [2.75, 3.05) is 20.3 Å². The Balaban J connectivity index is 1.80. The fourth-order valence-electron chi connectivity index (χ4n) is 3.97. The van der Waals surface area contributed by atoms with E-state index in [1.807, 2.05) is 0 Å². The first kappa shape index (κ1) is 20.1. The normalized spacial score (nSPS) is 23.2. The zero-order valence-corrected chi connectivity index (χ0v) is 16.5. The number of carbonyl (C=O) groups excluding carboxylic acids is 2. The van der Waals surface area contributed by atoms with Crippen LogP contribution in [0.5, 0.6) is 5.75 Å². The number of ether oxygens (including phenoxy) is 2. The van der Waals surface area contributed by atoms with Gasteiger partial charge < -0.3 is 19.5 Å². The van der Waals surface area contributed by atoms with Crippen LogP contribution >= 0.6 is 0 Å². The summed E-state index contributed by atoms with van der Waals surface area (Å²) in [6.45, 7) is 0.874. The second-order valence-corrected chi connectivity index (χ2v) is 7.37. The van der Waals surface area contributed by atoms with Gasteiger partial charge in [-0.25, -0.2) is 4.39 Å². The highest BCUT2D eigenvalue weighted by molar-refractivity contribution is 6.46. The molecule has 0 radical (unpaired) electrons. The summed E-state index contributed by atoms with van der Waals surface area (Å²) in [5.74, 6) is -1.61. The van der Waals surface area contributed by atoms with Crippen LogP contribution in [0.4, 0.5) is 4.39 Å². The van der Waals surface area contributed by atoms with Gasteiger partial charge in [0, 0.05) is 18.7 Å². The molecule has 2 heterocycles. The lowest BCUT2D eigenvalue weighted by atomic mass is 9.95. The molecule has 2 aliphatic heterocycles. The largest absolute Gasteiger partial charge is 0.507 e. The third-order valence-electron chi connectivity index (χ3n) is 5.51. The summed E-state index contributed by atoms with van der Waals surface area (Å²) < 4.78 is 24.2. The van der Waals surface area contributed by atoms with E-state index in [0.717, 1.165) is 12.8 Å².